The summed E-state index contributed by atoms with van der Waals surface area (Å²) in [4.78, 5) is 12.2. The third-order valence-corrected chi connectivity index (χ3v) is 3.42. The van der Waals surface area contributed by atoms with Crippen molar-refractivity contribution >= 4 is 28.9 Å². The summed E-state index contributed by atoms with van der Waals surface area (Å²) in [5.41, 5.74) is 2.65. The van der Waals surface area contributed by atoms with Crippen LogP contribution in [0.25, 0.3) is 0 Å². The number of carbonyl (C=O) groups is 1. The van der Waals surface area contributed by atoms with Crippen molar-refractivity contribution in [1.29, 1.82) is 0 Å². The number of carbonyl (C=O) groups excluding carboxylic acids is 1. The first-order chi connectivity index (χ1) is 10.4. The first kappa shape index (κ1) is 16.2. The third-order valence-electron chi connectivity index (χ3n) is 3.22. The Balaban J connectivity index is 1.98. The zero-order valence-corrected chi connectivity index (χ0v) is 13.8. The Labute approximate surface area is 136 Å². The second kappa shape index (κ2) is 6.71. The van der Waals surface area contributed by atoms with Gasteiger partial charge in [-0.25, -0.2) is 0 Å². The highest BCUT2D eigenvalue weighted by Gasteiger charge is 2.14. The van der Waals surface area contributed by atoms with E-state index < -0.39 is 0 Å². The molecule has 2 N–H and O–H groups in total. The molecule has 0 aliphatic rings. The fraction of sp³-hybridized carbons (Fsp3) is 0.222. The Morgan fingerprint density at radius 3 is 2.18 bits per heavy atom. The van der Waals surface area contributed by atoms with Crippen molar-refractivity contribution in [2.24, 2.45) is 0 Å². The number of hydrogen-bond acceptors (Lipinski definition) is 2. The number of rotatable bonds is 2. The summed E-state index contributed by atoms with van der Waals surface area (Å²) < 4.78 is 0. The van der Waals surface area contributed by atoms with E-state index in [-0.39, 0.29) is 16.4 Å². The molecule has 1 radical (unpaired) electrons. The van der Waals surface area contributed by atoms with Crippen LogP contribution >= 0.6 is 12.2 Å². The zero-order valence-electron chi connectivity index (χ0n) is 12.9. The summed E-state index contributed by atoms with van der Waals surface area (Å²) in [5, 5.41) is 5.91. The summed E-state index contributed by atoms with van der Waals surface area (Å²) in [6, 6.07) is 17.7. The second-order valence-electron chi connectivity index (χ2n) is 6.02. The second-order valence-corrected chi connectivity index (χ2v) is 6.43. The van der Waals surface area contributed by atoms with Crippen LogP contribution < -0.4 is 10.6 Å². The SMILES string of the molecule is CC(C)(C)c1ccc(C(=O)NC(=S)Nc2cc[c]cc2)cc1. The minimum atomic E-state index is -0.222. The lowest BCUT2D eigenvalue weighted by Gasteiger charge is -2.19. The van der Waals surface area contributed by atoms with Crippen LogP contribution in [-0.2, 0) is 5.41 Å². The molecule has 4 heteroatoms. The molecular formula is C18H19N2OS. The maximum Gasteiger partial charge on any atom is 0.257 e. The molecule has 113 valence electrons. The average Bonchev–Trinajstić information content (AvgIpc) is 2.47. The Hall–Kier alpha value is -2.20. The minimum Gasteiger partial charge on any atom is -0.332 e. The predicted molar refractivity (Wildman–Crippen MR) is 94.1 cm³/mol. The third kappa shape index (κ3) is 4.40. The van der Waals surface area contributed by atoms with Gasteiger partial charge >= 0.3 is 0 Å². The van der Waals surface area contributed by atoms with Gasteiger partial charge in [-0.2, -0.15) is 0 Å². The molecule has 3 nitrogen and oxygen atoms in total. The highest BCUT2D eigenvalue weighted by molar-refractivity contribution is 7.80. The minimum absolute atomic E-state index is 0.0657. The van der Waals surface area contributed by atoms with Crippen molar-refractivity contribution in [3.8, 4) is 0 Å². The summed E-state index contributed by atoms with van der Waals surface area (Å²) in [7, 11) is 0. The number of nitrogens with one attached hydrogen (secondary N) is 2. The number of hydrogen-bond donors (Lipinski definition) is 2. The van der Waals surface area contributed by atoms with Crippen molar-refractivity contribution in [3.63, 3.8) is 0 Å². The van der Waals surface area contributed by atoms with Crippen molar-refractivity contribution in [1.82, 2.24) is 5.32 Å². The van der Waals surface area contributed by atoms with E-state index in [0.717, 1.165) is 5.69 Å². The van der Waals surface area contributed by atoms with Gasteiger partial charge in [0.15, 0.2) is 5.11 Å². The molecule has 0 aromatic heterocycles. The lowest BCUT2D eigenvalue weighted by atomic mass is 9.87. The van der Waals surface area contributed by atoms with Crippen molar-refractivity contribution in [2.75, 3.05) is 5.32 Å². The van der Waals surface area contributed by atoms with E-state index in [0.29, 0.717) is 5.56 Å². The maximum atomic E-state index is 12.2. The van der Waals surface area contributed by atoms with E-state index in [2.05, 4.69) is 37.5 Å². The normalized spacial score (nSPS) is 10.9. The molecule has 1 amide bonds. The highest BCUT2D eigenvalue weighted by Crippen LogP contribution is 2.22. The standard InChI is InChI=1S/C18H19N2OS/c1-18(2,3)14-11-9-13(10-12-14)16(21)20-17(22)19-15-7-5-4-6-8-15/h5-12H,1-3H3,(H2,19,20,21,22). The molecular weight excluding hydrogens is 292 g/mol. The van der Waals surface area contributed by atoms with E-state index >= 15 is 0 Å². The van der Waals surface area contributed by atoms with Gasteiger partial charge in [0.2, 0.25) is 0 Å². The number of benzene rings is 2. The molecule has 0 saturated heterocycles. The molecule has 0 fully saturated rings. The van der Waals surface area contributed by atoms with Crippen LogP contribution in [0.2, 0.25) is 0 Å². The quantitative estimate of drug-likeness (QED) is 0.826. The molecule has 2 aromatic rings. The first-order valence-corrected chi connectivity index (χ1v) is 7.46. The average molecular weight is 311 g/mol. The van der Waals surface area contributed by atoms with Gasteiger partial charge in [-0.1, -0.05) is 45.0 Å². The largest absolute Gasteiger partial charge is 0.332 e. The summed E-state index contributed by atoms with van der Waals surface area (Å²) in [6.45, 7) is 6.41. The van der Waals surface area contributed by atoms with E-state index in [9.17, 15) is 4.79 Å². The zero-order chi connectivity index (χ0) is 16.2. The Morgan fingerprint density at radius 1 is 1.05 bits per heavy atom. The van der Waals surface area contributed by atoms with Gasteiger partial charge in [-0.15, -0.1) is 0 Å². The molecule has 0 aliphatic heterocycles. The molecule has 0 unspecified atom stereocenters. The van der Waals surface area contributed by atoms with Crippen molar-refractivity contribution < 1.29 is 4.79 Å². The van der Waals surface area contributed by atoms with Gasteiger partial charge in [-0.3, -0.25) is 10.1 Å². The predicted octanol–water partition coefficient (Wildman–Crippen LogP) is 3.91. The lowest BCUT2D eigenvalue weighted by molar-refractivity contribution is 0.0977. The van der Waals surface area contributed by atoms with E-state index in [1.54, 1.807) is 12.1 Å². The Kier molecular flexibility index (Phi) is 4.93. The summed E-state index contributed by atoms with van der Waals surface area (Å²) >= 11 is 5.14. The molecule has 0 bridgehead atoms. The first-order valence-electron chi connectivity index (χ1n) is 7.05. The maximum absolute atomic E-state index is 12.2. The summed E-state index contributed by atoms with van der Waals surface area (Å²) in [5.74, 6) is -0.222. The van der Waals surface area contributed by atoms with E-state index in [1.807, 2.05) is 36.4 Å². The van der Waals surface area contributed by atoms with Gasteiger partial charge in [0, 0.05) is 11.3 Å². The molecule has 0 heterocycles. The molecule has 0 atom stereocenters. The van der Waals surface area contributed by atoms with Gasteiger partial charge in [0.1, 0.15) is 0 Å². The van der Waals surface area contributed by atoms with Gasteiger partial charge in [0.05, 0.1) is 0 Å². The van der Waals surface area contributed by atoms with E-state index in [4.69, 9.17) is 12.2 Å². The molecule has 2 rings (SSSR count). The van der Waals surface area contributed by atoms with Crippen LogP contribution in [0.3, 0.4) is 0 Å². The lowest BCUT2D eigenvalue weighted by Crippen LogP contribution is -2.34. The molecule has 2 aromatic carbocycles. The molecule has 0 saturated carbocycles. The van der Waals surface area contributed by atoms with E-state index in [1.165, 1.54) is 5.56 Å². The molecule has 22 heavy (non-hydrogen) atoms. The topological polar surface area (TPSA) is 41.1 Å². The Morgan fingerprint density at radius 2 is 1.64 bits per heavy atom. The van der Waals surface area contributed by atoms with Crippen LogP contribution in [0.4, 0.5) is 5.69 Å². The van der Waals surface area contributed by atoms with Crippen LogP contribution in [0.5, 0.6) is 0 Å². The molecule has 0 aliphatic carbocycles. The highest BCUT2D eigenvalue weighted by atomic mass is 32.1. The van der Waals surface area contributed by atoms with Gasteiger partial charge < -0.3 is 5.32 Å². The number of anilines is 1. The van der Waals surface area contributed by atoms with Crippen LogP contribution in [0, 0.1) is 6.07 Å². The monoisotopic (exact) mass is 311 g/mol. The van der Waals surface area contributed by atoms with Crippen LogP contribution in [0.1, 0.15) is 36.7 Å². The Bertz CT molecular complexity index is 658. The van der Waals surface area contributed by atoms with Crippen molar-refractivity contribution in [3.05, 3.63) is 65.7 Å². The smallest absolute Gasteiger partial charge is 0.257 e. The number of amides is 1. The van der Waals surface area contributed by atoms with Gasteiger partial charge in [-0.05, 0) is 53.5 Å². The van der Waals surface area contributed by atoms with Crippen molar-refractivity contribution in [2.45, 2.75) is 26.2 Å². The fourth-order valence-corrected chi connectivity index (χ4v) is 2.14. The molecule has 0 spiro atoms. The van der Waals surface area contributed by atoms with Crippen LogP contribution in [0.15, 0.2) is 48.5 Å². The van der Waals surface area contributed by atoms with Crippen LogP contribution in [-0.4, -0.2) is 11.0 Å². The number of thiocarbonyl (C=S) groups is 1. The van der Waals surface area contributed by atoms with Gasteiger partial charge in [0.25, 0.3) is 5.91 Å². The fourth-order valence-electron chi connectivity index (χ4n) is 1.93. The summed E-state index contributed by atoms with van der Waals surface area (Å²) in [6.07, 6.45) is 0.